The van der Waals surface area contributed by atoms with Crippen LogP contribution in [-0.4, -0.2) is 46.1 Å². The van der Waals surface area contributed by atoms with Crippen LogP contribution in [0.15, 0.2) is 85.7 Å². The minimum atomic E-state index is -0.604. The second kappa shape index (κ2) is 13.3. The first kappa shape index (κ1) is 28.2. The van der Waals surface area contributed by atoms with Gasteiger partial charge >= 0.3 is 0 Å². The van der Waals surface area contributed by atoms with Crippen molar-refractivity contribution in [1.82, 2.24) is 9.88 Å². The lowest BCUT2D eigenvalue weighted by molar-refractivity contribution is -0.276. The highest BCUT2D eigenvalue weighted by molar-refractivity contribution is 6.04. The van der Waals surface area contributed by atoms with E-state index in [0.717, 1.165) is 29.8 Å². The van der Waals surface area contributed by atoms with Crippen LogP contribution in [0, 0.1) is 5.92 Å². The fourth-order valence-electron chi connectivity index (χ4n) is 5.83. The Morgan fingerprint density at radius 1 is 1.10 bits per heavy atom. The molecule has 4 unspecified atom stereocenters. The molecule has 0 radical (unpaired) electrons. The molecular weight excluding hydrogens is 502 g/mol. The van der Waals surface area contributed by atoms with Gasteiger partial charge in [-0.25, -0.2) is 0 Å². The number of nitrogens with zero attached hydrogens (tertiary/aromatic N) is 2. The summed E-state index contributed by atoms with van der Waals surface area (Å²) in [5.74, 6) is -0.126. The Morgan fingerprint density at radius 3 is 2.60 bits per heavy atom. The van der Waals surface area contributed by atoms with E-state index in [4.69, 9.17) is 9.47 Å². The zero-order valence-electron chi connectivity index (χ0n) is 23.1. The highest BCUT2D eigenvalue weighted by atomic mass is 16.7. The zero-order valence-corrected chi connectivity index (χ0v) is 23.1. The summed E-state index contributed by atoms with van der Waals surface area (Å²) in [6.07, 6.45) is 9.25. The molecule has 4 atom stereocenters. The molecule has 0 spiro atoms. The number of anilines is 1. The van der Waals surface area contributed by atoms with E-state index in [1.165, 1.54) is 25.7 Å². The van der Waals surface area contributed by atoms with E-state index in [1.54, 1.807) is 24.5 Å². The lowest BCUT2D eigenvalue weighted by Gasteiger charge is -2.43. The normalized spacial score (nSPS) is 23.3. The average molecular weight is 542 g/mol. The van der Waals surface area contributed by atoms with E-state index in [1.807, 2.05) is 54.6 Å². The van der Waals surface area contributed by atoms with Crippen molar-refractivity contribution in [1.29, 1.82) is 0 Å². The number of ether oxygens (including phenoxy) is 2. The molecule has 2 N–H and O–H groups in total. The molecule has 5 rings (SSSR count). The van der Waals surface area contributed by atoms with Crippen molar-refractivity contribution in [3.63, 3.8) is 0 Å². The number of hydrogen-bond acceptors (Lipinski definition) is 6. The smallest absolute Gasteiger partial charge is 0.257 e. The van der Waals surface area contributed by atoms with Gasteiger partial charge in [-0.05, 0) is 48.2 Å². The maximum absolute atomic E-state index is 12.7. The Morgan fingerprint density at radius 2 is 1.90 bits per heavy atom. The maximum atomic E-state index is 12.7. The third-order valence-corrected chi connectivity index (χ3v) is 8.08. The molecule has 2 heterocycles. The molecule has 2 aliphatic rings. The molecule has 2 fully saturated rings. The number of carbonyl (C=O) groups excluding carboxylic acids is 1. The van der Waals surface area contributed by atoms with Gasteiger partial charge in [-0.15, -0.1) is 6.58 Å². The standard InChI is InChI=1S/C33H39N3O4/c1-3-18-36(29-11-4-5-12-29)21-30-23(2)31(25-15-13-24(22-37)14-16-25)40-33(39-30)26-8-6-10-28(19-26)35-32(38)27-9-7-17-34-20-27/h3,6-10,13-17,19-20,23,29-31,33,37H,1,4-5,11-12,18,21-22H2,2H3,(H,35,38). The lowest BCUT2D eigenvalue weighted by Crippen LogP contribution is -2.47. The molecule has 40 heavy (non-hydrogen) atoms. The topological polar surface area (TPSA) is 83.9 Å². The summed E-state index contributed by atoms with van der Waals surface area (Å²) in [6.45, 7) is 7.83. The third-order valence-electron chi connectivity index (χ3n) is 8.08. The van der Waals surface area contributed by atoms with Crippen LogP contribution in [0.5, 0.6) is 0 Å². The van der Waals surface area contributed by atoms with Gasteiger partial charge in [-0.3, -0.25) is 14.7 Å². The number of pyridine rings is 1. The Bertz CT molecular complexity index is 1260. The van der Waals surface area contributed by atoms with E-state index in [0.29, 0.717) is 17.3 Å². The van der Waals surface area contributed by atoms with Crippen molar-refractivity contribution in [2.45, 2.75) is 63.8 Å². The summed E-state index contributed by atoms with van der Waals surface area (Å²) in [5.41, 5.74) is 3.92. The number of benzene rings is 2. The van der Waals surface area contributed by atoms with E-state index in [9.17, 15) is 9.90 Å². The summed E-state index contributed by atoms with van der Waals surface area (Å²) in [5, 5.41) is 12.5. The molecule has 1 saturated heterocycles. The van der Waals surface area contributed by atoms with Crippen LogP contribution in [0.25, 0.3) is 0 Å². The van der Waals surface area contributed by atoms with Crippen LogP contribution in [0.4, 0.5) is 5.69 Å². The lowest BCUT2D eigenvalue weighted by atomic mass is 9.89. The number of nitrogens with one attached hydrogen (secondary N) is 1. The fourth-order valence-corrected chi connectivity index (χ4v) is 5.83. The number of aromatic nitrogens is 1. The van der Waals surface area contributed by atoms with Crippen LogP contribution in [-0.2, 0) is 16.1 Å². The molecule has 210 valence electrons. The van der Waals surface area contributed by atoms with Crippen LogP contribution in [0.3, 0.4) is 0 Å². The number of aliphatic hydroxyl groups is 1. The summed E-state index contributed by atoms with van der Waals surface area (Å²) in [6, 6.07) is 19.6. The fraction of sp³-hybridized carbons (Fsp3) is 0.394. The van der Waals surface area contributed by atoms with Gasteiger partial charge in [0.2, 0.25) is 0 Å². The van der Waals surface area contributed by atoms with Gasteiger partial charge in [0.25, 0.3) is 5.91 Å². The summed E-state index contributed by atoms with van der Waals surface area (Å²) < 4.78 is 13.3. The van der Waals surface area contributed by atoms with Crippen molar-refractivity contribution in [2.24, 2.45) is 5.92 Å². The number of carbonyl (C=O) groups is 1. The molecule has 7 heteroatoms. The predicted molar refractivity (Wildman–Crippen MR) is 156 cm³/mol. The highest BCUT2D eigenvalue weighted by Gasteiger charge is 2.40. The summed E-state index contributed by atoms with van der Waals surface area (Å²) in [7, 11) is 0. The molecule has 7 nitrogen and oxygen atoms in total. The second-order valence-electron chi connectivity index (χ2n) is 10.8. The van der Waals surface area contributed by atoms with Crippen LogP contribution in [0.1, 0.15) is 72.0 Å². The average Bonchev–Trinajstić information content (AvgIpc) is 3.54. The summed E-state index contributed by atoms with van der Waals surface area (Å²) >= 11 is 0. The van der Waals surface area contributed by atoms with E-state index >= 15 is 0 Å². The third kappa shape index (κ3) is 6.67. The van der Waals surface area contributed by atoms with Crippen molar-refractivity contribution in [2.75, 3.05) is 18.4 Å². The first-order chi connectivity index (χ1) is 19.6. The molecule has 1 saturated carbocycles. The molecule has 1 aromatic heterocycles. The molecule has 1 aliphatic carbocycles. The van der Waals surface area contributed by atoms with Gasteiger partial charge in [0.1, 0.15) is 0 Å². The zero-order chi connectivity index (χ0) is 27.9. The van der Waals surface area contributed by atoms with E-state index in [-0.39, 0.29) is 30.6 Å². The molecular formula is C33H39N3O4. The highest BCUT2D eigenvalue weighted by Crippen LogP contribution is 2.42. The SMILES string of the molecule is C=CCN(CC1OC(c2cccc(NC(=O)c3cccnc3)c2)OC(c2ccc(CO)cc2)C1C)C1CCCC1. The van der Waals surface area contributed by atoms with Gasteiger partial charge in [-0.1, -0.05) is 62.2 Å². The van der Waals surface area contributed by atoms with Crippen LogP contribution >= 0.6 is 0 Å². The van der Waals surface area contributed by atoms with Crippen LogP contribution in [0.2, 0.25) is 0 Å². The van der Waals surface area contributed by atoms with Gasteiger partial charge < -0.3 is 19.9 Å². The molecule has 3 aromatic rings. The van der Waals surface area contributed by atoms with Gasteiger partial charge in [0.05, 0.1) is 24.4 Å². The van der Waals surface area contributed by atoms with Gasteiger partial charge in [-0.2, -0.15) is 0 Å². The molecule has 2 aromatic carbocycles. The van der Waals surface area contributed by atoms with Crippen molar-refractivity contribution in [3.05, 3.63) is 108 Å². The number of rotatable bonds is 10. The van der Waals surface area contributed by atoms with Crippen molar-refractivity contribution >= 4 is 11.6 Å². The second-order valence-corrected chi connectivity index (χ2v) is 10.8. The number of amides is 1. The Hall–Kier alpha value is -3.36. The predicted octanol–water partition coefficient (Wildman–Crippen LogP) is 6.05. The quantitative estimate of drug-likeness (QED) is 0.304. The number of hydrogen-bond donors (Lipinski definition) is 2. The van der Waals surface area contributed by atoms with Gasteiger partial charge in [0, 0.05) is 48.7 Å². The maximum Gasteiger partial charge on any atom is 0.257 e. The van der Waals surface area contributed by atoms with Crippen LogP contribution < -0.4 is 5.32 Å². The Balaban J connectivity index is 1.40. The van der Waals surface area contributed by atoms with Gasteiger partial charge in [0.15, 0.2) is 6.29 Å². The molecule has 0 bridgehead atoms. The van der Waals surface area contributed by atoms with E-state index in [2.05, 4.69) is 28.7 Å². The van der Waals surface area contributed by atoms with Crippen molar-refractivity contribution in [3.8, 4) is 0 Å². The van der Waals surface area contributed by atoms with Crippen molar-refractivity contribution < 1.29 is 19.4 Å². The first-order valence-electron chi connectivity index (χ1n) is 14.2. The summed E-state index contributed by atoms with van der Waals surface area (Å²) in [4.78, 5) is 19.3. The number of aliphatic hydroxyl groups excluding tert-OH is 1. The Labute approximate surface area is 236 Å². The minimum absolute atomic E-state index is 0.00514. The largest absolute Gasteiger partial charge is 0.392 e. The monoisotopic (exact) mass is 541 g/mol. The Kier molecular flexibility index (Phi) is 9.39. The first-order valence-corrected chi connectivity index (χ1v) is 14.2. The minimum Gasteiger partial charge on any atom is -0.392 e. The molecule has 1 aliphatic heterocycles. The van der Waals surface area contributed by atoms with E-state index < -0.39 is 6.29 Å². The molecule has 1 amide bonds.